The van der Waals surface area contributed by atoms with Crippen molar-refractivity contribution in [1.82, 2.24) is 0 Å². The van der Waals surface area contributed by atoms with Gasteiger partial charge in [-0.05, 0) is 42.2 Å². The number of hydrogen-bond donors (Lipinski definition) is 2. The van der Waals surface area contributed by atoms with Gasteiger partial charge in [-0.2, -0.15) is 5.26 Å². The Hall–Kier alpha value is -2.03. The molecule has 0 saturated heterocycles. The van der Waals surface area contributed by atoms with Gasteiger partial charge in [-0.3, -0.25) is 0 Å². The van der Waals surface area contributed by atoms with Crippen LogP contribution in [0.15, 0.2) is 24.3 Å². The highest BCUT2D eigenvalue weighted by molar-refractivity contribution is 7.16. The number of rotatable bonds is 5. The first-order chi connectivity index (χ1) is 9.67. The second kappa shape index (κ2) is 6.42. The molecule has 5 heteroatoms. The van der Waals surface area contributed by atoms with E-state index in [1.165, 1.54) is 11.3 Å². The average molecular weight is 288 g/mol. The van der Waals surface area contributed by atoms with Gasteiger partial charge in [0.25, 0.3) is 0 Å². The maximum absolute atomic E-state index is 9.19. The number of hydrogen-bond acceptors (Lipinski definition) is 5. The molecular formula is C15H16N2O2S. The molecule has 0 fully saturated rings. The summed E-state index contributed by atoms with van der Waals surface area (Å²) in [6, 6.07) is 9.58. The van der Waals surface area contributed by atoms with Crippen molar-refractivity contribution in [3.8, 4) is 11.8 Å². The Morgan fingerprint density at radius 3 is 2.75 bits per heavy atom. The van der Waals surface area contributed by atoms with E-state index in [-0.39, 0.29) is 6.61 Å². The number of nitriles is 1. The molecule has 0 saturated carbocycles. The molecule has 0 amide bonds. The van der Waals surface area contributed by atoms with Crippen LogP contribution in [-0.4, -0.2) is 12.2 Å². The minimum atomic E-state index is 0.0154. The zero-order valence-electron chi connectivity index (χ0n) is 11.2. The van der Waals surface area contributed by atoms with Crippen LogP contribution in [0.3, 0.4) is 0 Å². The smallest absolute Gasteiger partial charge is 0.122 e. The number of aliphatic hydroxyl groups excluding tert-OH is 1. The molecule has 4 nitrogen and oxygen atoms in total. The van der Waals surface area contributed by atoms with Gasteiger partial charge < -0.3 is 15.6 Å². The van der Waals surface area contributed by atoms with E-state index < -0.39 is 0 Å². The van der Waals surface area contributed by atoms with Crippen LogP contribution in [0, 0.1) is 11.3 Å². The molecule has 3 N–H and O–H groups in total. The van der Waals surface area contributed by atoms with Crippen LogP contribution in [0.5, 0.6) is 5.75 Å². The Morgan fingerprint density at radius 2 is 2.15 bits per heavy atom. The molecule has 0 aliphatic heterocycles. The van der Waals surface area contributed by atoms with Crippen molar-refractivity contribution in [3.63, 3.8) is 0 Å². The van der Waals surface area contributed by atoms with E-state index in [0.29, 0.717) is 10.6 Å². The minimum absolute atomic E-state index is 0.0154. The monoisotopic (exact) mass is 288 g/mol. The van der Waals surface area contributed by atoms with E-state index in [1.54, 1.807) is 7.11 Å². The van der Waals surface area contributed by atoms with Crippen LogP contribution < -0.4 is 10.5 Å². The molecule has 104 valence electrons. The van der Waals surface area contributed by atoms with E-state index in [0.717, 1.165) is 34.6 Å². The lowest BCUT2D eigenvalue weighted by Gasteiger charge is -2.09. The van der Waals surface area contributed by atoms with Gasteiger partial charge in [-0.25, -0.2) is 0 Å². The summed E-state index contributed by atoms with van der Waals surface area (Å²) >= 11 is 1.45. The number of aliphatic hydroxyl groups is 1. The van der Waals surface area contributed by atoms with Gasteiger partial charge in [-0.1, -0.05) is 6.07 Å². The van der Waals surface area contributed by atoms with Gasteiger partial charge in [0.2, 0.25) is 0 Å². The van der Waals surface area contributed by atoms with Crippen LogP contribution >= 0.6 is 11.3 Å². The summed E-state index contributed by atoms with van der Waals surface area (Å²) in [5.74, 6) is 0.812. The highest BCUT2D eigenvalue weighted by Crippen LogP contribution is 2.27. The molecule has 2 aromatic rings. The third-order valence-electron chi connectivity index (χ3n) is 3.10. The van der Waals surface area contributed by atoms with Gasteiger partial charge in [-0.15, -0.1) is 11.3 Å². The van der Waals surface area contributed by atoms with Crippen LogP contribution in [-0.2, 0) is 19.4 Å². The van der Waals surface area contributed by atoms with E-state index in [1.807, 2.05) is 24.3 Å². The molecular weight excluding hydrogens is 272 g/mol. The van der Waals surface area contributed by atoms with Crippen LogP contribution in [0.1, 0.15) is 21.6 Å². The number of benzene rings is 1. The number of nitrogen functional groups attached to an aromatic ring is 1. The summed E-state index contributed by atoms with van der Waals surface area (Å²) in [4.78, 5) is 1.08. The predicted octanol–water partition coefficient (Wildman–Crippen LogP) is 2.49. The van der Waals surface area contributed by atoms with Crippen molar-refractivity contribution in [2.24, 2.45) is 0 Å². The molecule has 1 aromatic carbocycles. The van der Waals surface area contributed by atoms with Gasteiger partial charge >= 0.3 is 0 Å². The topological polar surface area (TPSA) is 79.3 Å². The number of anilines is 1. The second-order valence-corrected chi connectivity index (χ2v) is 5.58. The first kappa shape index (κ1) is 14.4. The molecule has 0 radical (unpaired) electrons. The van der Waals surface area contributed by atoms with E-state index >= 15 is 0 Å². The van der Waals surface area contributed by atoms with Gasteiger partial charge in [0, 0.05) is 4.88 Å². The van der Waals surface area contributed by atoms with Crippen molar-refractivity contribution >= 4 is 16.3 Å². The lowest BCUT2D eigenvalue weighted by molar-refractivity contribution is 0.281. The zero-order chi connectivity index (χ0) is 14.5. The fraction of sp³-hybridized carbons (Fsp3) is 0.267. The molecule has 2 rings (SSSR count). The Kier molecular flexibility index (Phi) is 4.61. The third kappa shape index (κ3) is 3.10. The summed E-state index contributed by atoms with van der Waals surface area (Å²) in [5, 5.41) is 18.7. The number of methoxy groups -OCH3 is 1. The lowest BCUT2D eigenvalue weighted by atomic mass is 10.0. The Bertz CT molecular complexity index is 644. The Balaban J connectivity index is 2.15. The zero-order valence-corrected chi connectivity index (χ0v) is 12.0. The molecule has 0 spiro atoms. The van der Waals surface area contributed by atoms with E-state index in [2.05, 4.69) is 6.07 Å². The Labute approximate surface area is 122 Å². The summed E-state index contributed by atoms with van der Waals surface area (Å²) in [6.07, 6.45) is 1.57. The van der Waals surface area contributed by atoms with Gasteiger partial charge in [0.05, 0.1) is 19.3 Å². The highest BCUT2D eigenvalue weighted by Gasteiger charge is 2.08. The summed E-state index contributed by atoms with van der Waals surface area (Å²) in [7, 11) is 1.63. The standard InChI is InChI=1S/C15H16N2O2S/c1-19-14-5-2-10(9-18)6-11(14)3-4-13-7-12(8-16)15(17)20-13/h2,5-7,18H,3-4,9,17H2,1H3. The summed E-state index contributed by atoms with van der Waals surface area (Å²) < 4.78 is 5.33. The maximum Gasteiger partial charge on any atom is 0.122 e. The van der Waals surface area contributed by atoms with Crippen LogP contribution in [0.4, 0.5) is 5.00 Å². The van der Waals surface area contributed by atoms with Crippen molar-refractivity contribution < 1.29 is 9.84 Å². The fourth-order valence-electron chi connectivity index (χ4n) is 2.05. The van der Waals surface area contributed by atoms with E-state index in [9.17, 15) is 5.11 Å². The molecule has 0 atom stereocenters. The largest absolute Gasteiger partial charge is 0.496 e. The molecule has 0 unspecified atom stereocenters. The van der Waals surface area contributed by atoms with E-state index in [4.69, 9.17) is 15.7 Å². The lowest BCUT2D eigenvalue weighted by Crippen LogP contribution is -1.96. The normalized spacial score (nSPS) is 10.2. The second-order valence-electron chi connectivity index (χ2n) is 4.41. The highest BCUT2D eigenvalue weighted by atomic mass is 32.1. The van der Waals surface area contributed by atoms with Crippen LogP contribution in [0.2, 0.25) is 0 Å². The fourth-order valence-corrected chi connectivity index (χ4v) is 2.93. The number of thiophene rings is 1. The molecule has 1 heterocycles. The summed E-state index contributed by atoms with van der Waals surface area (Å²) in [5.41, 5.74) is 8.21. The molecule has 1 aromatic heterocycles. The summed E-state index contributed by atoms with van der Waals surface area (Å²) in [6.45, 7) is 0.0154. The van der Waals surface area contributed by atoms with Crippen LogP contribution in [0.25, 0.3) is 0 Å². The van der Waals surface area contributed by atoms with Gasteiger partial charge in [0.15, 0.2) is 0 Å². The SMILES string of the molecule is COc1ccc(CO)cc1CCc1cc(C#N)c(N)s1. The number of ether oxygens (including phenoxy) is 1. The number of nitrogens with two attached hydrogens (primary N) is 1. The van der Waals surface area contributed by atoms with Crippen molar-refractivity contribution in [3.05, 3.63) is 45.8 Å². The first-order valence-corrected chi connectivity index (χ1v) is 7.04. The number of aryl methyl sites for hydroxylation is 2. The average Bonchev–Trinajstić information content (AvgIpc) is 2.84. The quantitative estimate of drug-likeness (QED) is 0.886. The Morgan fingerprint density at radius 1 is 1.35 bits per heavy atom. The maximum atomic E-state index is 9.19. The van der Waals surface area contributed by atoms with Gasteiger partial charge in [0.1, 0.15) is 16.8 Å². The van der Waals surface area contributed by atoms with Crippen molar-refractivity contribution in [2.75, 3.05) is 12.8 Å². The van der Waals surface area contributed by atoms with Crippen molar-refractivity contribution in [1.29, 1.82) is 5.26 Å². The molecule has 0 bridgehead atoms. The first-order valence-electron chi connectivity index (χ1n) is 6.23. The minimum Gasteiger partial charge on any atom is -0.496 e. The van der Waals surface area contributed by atoms with Crippen molar-refractivity contribution in [2.45, 2.75) is 19.4 Å². The molecule has 0 aliphatic rings. The third-order valence-corrected chi connectivity index (χ3v) is 4.12. The number of nitrogens with zero attached hydrogens (tertiary/aromatic N) is 1. The molecule has 20 heavy (non-hydrogen) atoms. The predicted molar refractivity (Wildman–Crippen MR) is 79.8 cm³/mol. The molecule has 0 aliphatic carbocycles.